The van der Waals surface area contributed by atoms with E-state index in [2.05, 4.69) is 22.1 Å². The van der Waals surface area contributed by atoms with Crippen LogP contribution in [0.2, 0.25) is 10.0 Å². The summed E-state index contributed by atoms with van der Waals surface area (Å²) in [6.07, 6.45) is 3.97. The van der Waals surface area contributed by atoms with E-state index in [1.807, 2.05) is 6.07 Å². The fourth-order valence-electron chi connectivity index (χ4n) is 2.77. The van der Waals surface area contributed by atoms with Gasteiger partial charge in [0, 0.05) is 35.0 Å². The lowest BCUT2D eigenvalue weighted by atomic mass is 9.99. The Kier molecular flexibility index (Phi) is 5.27. The third-order valence-corrected chi connectivity index (χ3v) is 4.67. The number of hydrogen-bond donors (Lipinski definition) is 1. The predicted octanol–water partition coefficient (Wildman–Crippen LogP) is 4.88. The van der Waals surface area contributed by atoms with E-state index >= 15 is 0 Å². The molecule has 1 aromatic carbocycles. The quantitative estimate of drug-likeness (QED) is 0.845. The highest BCUT2D eigenvalue weighted by Crippen LogP contribution is 2.24. The molecule has 0 radical (unpaired) electrons. The lowest BCUT2D eigenvalue weighted by Crippen LogP contribution is -2.33. The maximum Gasteiger partial charge on any atom is 0.257 e. The third kappa shape index (κ3) is 4.19. The molecule has 1 N–H and O–H groups in total. The monoisotopic (exact) mass is 363 g/mol. The SMILES string of the molecule is CC1CCN(c2ccc(C(=O)Nc3cc(Cl)cc(Cl)c3)cn2)CC1. The van der Waals surface area contributed by atoms with Crippen LogP contribution < -0.4 is 10.2 Å². The molecule has 2 heterocycles. The van der Waals surface area contributed by atoms with Crippen molar-refractivity contribution < 1.29 is 4.79 Å². The number of piperidine rings is 1. The second-order valence-corrected chi connectivity index (χ2v) is 7.06. The summed E-state index contributed by atoms with van der Waals surface area (Å²) in [6.45, 7) is 4.31. The molecule has 1 aliphatic heterocycles. The molecule has 1 fully saturated rings. The molecule has 1 saturated heterocycles. The summed E-state index contributed by atoms with van der Waals surface area (Å²) in [5.74, 6) is 1.46. The zero-order valence-corrected chi connectivity index (χ0v) is 14.9. The molecular formula is C18H19Cl2N3O. The second kappa shape index (κ2) is 7.41. The fraction of sp³-hybridized carbons (Fsp3) is 0.333. The van der Waals surface area contributed by atoms with E-state index in [0.29, 0.717) is 21.3 Å². The van der Waals surface area contributed by atoms with Gasteiger partial charge >= 0.3 is 0 Å². The van der Waals surface area contributed by atoms with Gasteiger partial charge in [-0.05, 0) is 49.1 Å². The van der Waals surface area contributed by atoms with E-state index in [9.17, 15) is 4.79 Å². The van der Waals surface area contributed by atoms with E-state index < -0.39 is 0 Å². The summed E-state index contributed by atoms with van der Waals surface area (Å²) >= 11 is 11.9. The van der Waals surface area contributed by atoms with Gasteiger partial charge in [0.15, 0.2) is 0 Å². The average Bonchev–Trinajstić information content (AvgIpc) is 2.55. The molecule has 1 amide bonds. The summed E-state index contributed by atoms with van der Waals surface area (Å²) in [4.78, 5) is 19.0. The van der Waals surface area contributed by atoms with Crippen LogP contribution >= 0.6 is 23.2 Å². The highest BCUT2D eigenvalue weighted by Gasteiger charge is 2.17. The van der Waals surface area contributed by atoms with Crippen LogP contribution in [0.15, 0.2) is 36.5 Å². The Bertz CT molecular complexity index is 705. The Morgan fingerprint density at radius 2 is 1.83 bits per heavy atom. The van der Waals surface area contributed by atoms with Crippen LogP contribution in [0.4, 0.5) is 11.5 Å². The molecule has 6 heteroatoms. The first kappa shape index (κ1) is 17.1. The van der Waals surface area contributed by atoms with Crippen molar-refractivity contribution in [3.63, 3.8) is 0 Å². The Morgan fingerprint density at radius 1 is 1.17 bits per heavy atom. The largest absolute Gasteiger partial charge is 0.357 e. The maximum atomic E-state index is 12.3. The number of hydrogen-bond acceptors (Lipinski definition) is 3. The Hall–Kier alpha value is -1.78. The minimum Gasteiger partial charge on any atom is -0.357 e. The Balaban J connectivity index is 1.67. The zero-order chi connectivity index (χ0) is 17.1. The van der Waals surface area contributed by atoms with Crippen LogP contribution in [0.25, 0.3) is 0 Å². The summed E-state index contributed by atoms with van der Waals surface area (Å²) in [5, 5.41) is 3.74. The van der Waals surface area contributed by atoms with Gasteiger partial charge in [0.1, 0.15) is 5.82 Å². The minimum atomic E-state index is -0.236. The zero-order valence-electron chi connectivity index (χ0n) is 13.4. The van der Waals surface area contributed by atoms with E-state index in [0.717, 1.165) is 24.8 Å². The predicted molar refractivity (Wildman–Crippen MR) is 99.3 cm³/mol. The molecule has 4 nitrogen and oxygen atoms in total. The van der Waals surface area contributed by atoms with Gasteiger partial charge in [0.2, 0.25) is 0 Å². The maximum absolute atomic E-state index is 12.3. The Labute approximate surface area is 151 Å². The molecule has 1 aromatic heterocycles. The van der Waals surface area contributed by atoms with E-state index in [4.69, 9.17) is 23.2 Å². The Morgan fingerprint density at radius 3 is 2.42 bits per heavy atom. The van der Waals surface area contributed by atoms with Crippen LogP contribution in [-0.4, -0.2) is 24.0 Å². The minimum absolute atomic E-state index is 0.236. The number of anilines is 2. The van der Waals surface area contributed by atoms with Gasteiger partial charge in [-0.15, -0.1) is 0 Å². The molecule has 0 unspecified atom stereocenters. The van der Waals surface area contributed by atoms with Crippen LogP contribution in [-0.2, 0) is 0 Å². The summed E-state index contributed by atoms with van der Waals surface area (Å²) < 4.78 is 0. The third-order valence-electron chi connectivity index (χ3n) is 4.24. The summed E-state index contributed by atoms with van der Waals surface area (Å²) in [6, 6.07) is 8.62. The van der Waals surface area contributed by atoms with Gasteiger partial charge in [-0.3, -0.25) is 4.79 Å². The molecule has 0 saturated carbocycles. The number of carbonyl (C=O) groups excluding carboxylic acids is 1. The van der Waals surface area contributed by atoms with Crippen molar-refractivity contribution in [3.05, 3.63) is 52.1 Å². The molecule has 0 aliphatic carbocycles. The first-order chi connectivity index (χ1) is 11.5. The molecule has 0 spiro atoms. The highest BCUT2D eigenvalue weighted by atomic mass is 35.5. The van der Waals surface area contributed by atoms with Gasteiger partial charge in [0.25, 0.3) is 5.91 Å². The molecule has 0 atom stereocenters. The number of rotatable bonds is 3. The van der Waals surface area contributed by atoms with Crippen molar-refractivity contribution >= 4 is 40.6 Å². The first-order valence-electron chi connectivity index (χ1n) is 8.00. The van der Waals surface area contributed by atoms with E-state index in [-0.39, 0.29) is 5.91 Å². The number of pyridine rings is 1. The normalized spacial score (nSPS) is 15.4. The lowest BCUT2D eigenvalue weighted by molar-refractivity contribution is 0.102. The van der Waals surface area contributed by atoms with E-state index in [1.54, 1.807) is 30.5 Å². The molecule has 0 bridgehead atoms. The number of benzene rings is 1. The van der Waals surface area contributed by atoms with Crippen LogP contribution in [0.5, 0.6) is 0 Å². The van der Waals surface area contributed by atoms with Crippen molar-refractivity contribution in [2.45, 2.75) is 19.8 Å². The smallest absolute Gasteiger partial charge is 0.257 e. The highest BCUT2D eigenvalue weighted by molar-refractivity contribution is 6.35. The summed E-state index contributed by atoms with van der Waals surface area (Å²) in [7, 11) is 0. The molecule has 126 valence electrons. The van der Waals surface area contributed by atoms with Crippen molar-refractivity contribution in [2.24, 2.45) is 5.92 Å². The molecule has 1 aliphatic rings. The number of aromatic nitrogens is 1. The molecule has 3 rings (SSSR count). The number of nitrogens with zero attached hydrogens (tertiary/aromatic N) is 2. The number of nitrogens with one attached hydrogen (secondary N) is 1. The summed E-state index contributed by atoms with van der Waals surface area (Å²) in [5.41, 5.74) is 1.06. The average molecular weight is 364 g/mol. The van der Waals surface area contributed by atoms with Gasteiger partial charge < -0.3 is 10.2 Å². The first-order valence-corrected chi connectivity index (χ1v) is 8.75. The van der Waals surface area contributed by atoms with Crippen molar-refractivity contribution in [1.29, 1.82) is 0 Å². The number of carbonyl (C=O) groups is 1. The number of halogens is 2. The van der Waals surface area contributed by atoms with Gasteiger partial charge in [-0.2, -0.15) is 0 Å². The van der Waals surface area contributed by atoms with Crippen molar-refractivity contribution in [3.8, 4) is 0 Å². The standard InChI is InChI=1S/C18H19Cl2N3O/c1-12-4-6-23(7-5-12)17-3-2-13(11-21-17)18(24)22-16-9-14(19)8-15(20)10-16/h2-3,8-12H,4-7H2,1H3,(H,22,24). The topological polar surface area (TPSA) is 45.2 Å². The van der Waals surface area contributed by atoms with Crippen LogP contribution in [0.3, 0.4) is 0 Å². The van der Waals surface area contributed by atoms with Gasteiger partial charge in [0.05, 0.1) is 5.56 Å². The lowest BCUT2D eigenvalue weighted by Gasteiger charge is -2.31. The molecular weight excluding hydrogens is 345 g/mol. The molecule has 24 heavy (non-hydrogen) atoms. The molecule has 2 aromatic rings. The van der Waals surface area contributed by atoms with Crippen molar-refractivity contribution in [2.75, 3.05) is 23.3 Å². The van der Waals surface area contributed by atoms with Gasteiger partial charge in [-0.25, -0.2) is 4.98 Å². The van der Waals surface area contributed by atoms with Crippen molar-refractivity contribution in [1.82, 2.24) is 4.98 Å². The second-order valence-electron chi connectivity index (χ2n) is 6.19. The number of amides is 1. The van der Waals surface area contributed by atoms with Gasteiger partial charge in [-0.1, -0.05) is 30.1 Å². The van der Waals surface area contributed by atoms with Crippen LogP contribution in [0.1, 0.15) is 30.1 Å². The fourth-order valence-corrected chi connectivity index (χ4v) is 3.30. The van der Waals surface area contributed by atoms with Crippen LogP contribution in [0, 0.1) is 5.92 Å². The van der Waals surface area contributed by atoms with E-state index in [1.165, 1.54) is 12.8 Å².